The molecule has 26 heavy (non-hydrogen) atoms. The lowest BCUT2D eigenvalue weighted by Gasteiger charge is -2.31. The molecule has 3 rings (SSSR count). The lowest BCUT2D eigenvalue weighted by Crippen LogP contribution is -2.43. The Morgan fingerprint density at radius 1 is 1.19 bits per heavy atom. The van der Waals surface area contributed by atoms with Gasteiger partial charge in [0.15, 0.2) is 11.6 Å². The molecule has 0 spiro atoms. The Morgan fingerprint density at radius 3 is 2.42 bits per heavy atom. The van der Waals surface area contributed by atoms with Crippen molar-refractivity contribution in [2.45, 2.75) is 18.9 Å². The molecule has 1 aliphatic rings. The SMILES string of the molecule is CNC1CCN(C(=O)c2ccc(Oc3ccc(Cl)cc3)c(F)c2)CC1.Cl. The van der Waals surface area contributed by atoms with Gasteiger partial charge in [-0.2, -0.15) is 0 Å². The van der Waals surface area contributed by atoms with Gasteiger partial charge >= 0.3 is 0 Å². The lowest BCUT2D eigenvalue weighted by molar-refractivity contribution is 0.0707. The molecule has 2 aromatic rings. The summed E-state index contributed by atoms with van der Waals surface area (Å²) < 4.78 is 19.8. The zero-order valence-corrected chi connectivity index (χ0v) is 15.9. The summed E-state index contributed by atoms with van der Waals surface area (Å²) in [6.07, 6.45) is 1.81. The Hall–Kier alpha value is -1.82. The molecular weight excluding hydrogens is 378 g/mol. The fourth-order valence-electron chi connectivity index (χ4n) is 2.90. The Bertz CT molecular complexity index is 748. The van der Waals surface area contributed by atoms with Gasteiger partial charge in [-0.05, 0) is 62.4 Å². The fourth-order valence-corrected chi connectivity index (χ4v) is 3.03. The van der Waals surface area contributed by atoms with Crippen molar-refractivity contribution in [1.29, 1.82) is 0 Å². The van der Waals surface area contributed by atoms with Crippen molar-refractivity contribution in [3.63, 3.8) is 0 Å². The van der Waals surface area contributed by atoms with Crippen LogP contribution in [0.2, 0.25) is 5.02 Å². The molecule has 1 saturated heterocycles. The first kappa shape index (κ1) is 20.5. The molecule has 0 aromatic heterocycles. The van der Waals surface area contributed by atoms with Gasteiger partial charge in [-0.25, -0.2) is 4.39 Å². The summed E-state index contributed by atoms with van der Waals surface area (Å²) in [7, 11) is 1.93. The standard InChI is InChI=1S/C19H20ClFN2O2.ClH/c1-22-15-8-10-23(11-9-15)19(24)13-2-7-18(17(21)12-13)25-16-5-3-14(20)4-6-16;/h2-7,12,15,22H,8-11H2,1H3;1H. The van der Waals surface area contributed by atoms with Gasteiger partial charge in [0.05, 0.1) is 0 Å². The summed E-state index contributed by atoms with van der Waals surface area (Å²) in [5, 5.41) is 3.80. The van der Waals surface area contributed by atoms with E-state index in [1.807, 2.05) is 7.05 Å². The van der Waals surface area contributed by atoms with Crippen LogP contribution in [0.15, 0.2) is 42.5 Å². The maximum absolute atomic E-state index is 14.3. The number of likely N-dealkylation sites (tertiary alicyclic amines) is 1. The molecule has 1 heterocycles. The van der Waals surface area contributed by atoms with E-state index in [2.05, 4.69) is 5.32 Å². The van der Waals surface area contributed by atoms with Crippen LogP contribution in [-0.4, -0.2) is 37.0 Å². The first-order valence-corrected chi connectivity index (χ1v) is 8.64. The molecule has 0 radical (unpaired) electrons. The maximum Gasteiger partial charge on any atom is 0.253 e. The Morgan fingerprint density at radius 2 is 1.85 bits per heavy atom. The number of hydrogen-bond acceptors (Lipinski definition) is 3. The van der Waals surface area contributed by atoms with Crippen LogP contribution >= 0.6 is 24.0 Å². The van der Waals surface area contributed by atoms with E-state index in [1.165, 1.54) is 12.1 Å². The van der Waals surface area contributed by atoms with E-state index in [9.17, 15) is 9.18 Å². The van der Waals surface area contributed by atoms with E-state index >= 15 is 0 Å². The van der Waals surface area contributed by atoms with E-state index in [1.54, 1.807) is 35.2 Å². The van der Waals surface area contributed by atoms with Crippen LogP contribution in [-0.2, 0) is 0 Å². The molecule has 0 unspecified atom stereocenters. The van der Waals surface area contributed by atoms with Gasteiger partial charge in [0, 0.05) is 29.7 Å². The third kappa shape index (κ3) is 4.87. The minimum absolute atomic E-state index is 0. The number of ether oxygens (including phenoxy) is 1. The van der Waals surface area contributed by atoms with Crippen molar-refractivity contribution < 1.29 is 13.9 Å². The summed E-state index contributed by atoms with van der Waals surface area (Å²) in [5.41, 5.74) is 0.337. The van der Waals surface area contributed by atoms with Crippen molar-refractivity contribution in [2.75, 3.05) is 20.1 Å². The number of halogens is 3. The molecule has 1 fully saturated rings. The topological polar surface area (TPSA) is 41.6 Å². The summed E-state index contributed by atoms with van der Waals surface area (Å²) in [4.78, 5) is 14.3. The lowest BCUT2D eigenvalue weighted by atomic mass is 10.0. The number of carbonyl (C=O) groups excluding carboxylic acids is 1. The first-order valence-electron chi connectivity index (χ1n) is 8.26. The van der Waals surface area contributed by atoms with Gasteiger partial charge in [0.1, 0.15) is 5.75 Å². The molecule has 0 atom stereocenters. The normalized spacial score (nSPS) is 14.7. The zero-order valence-electron chi connectivity index (χ0n) is 14.4. The third-order valence-electron chi connectivity index (χ3n) is 4.41. The molecule has 7 heteroatoms. The van der Waals surface area contributed by atoms with E-state index in [0.717, 1.165) is 12.8 Å². The molecule has 0 bridgehead atoms. The number of piperidine rings is 1. The Kier molecular flexibility index (Phi) is 7.26. The summed E-state index contributed by atoms with van der Waals surface area (Å²) in [6, 6.07) is 11.4. The minimum Gasteiger partial charge on any atom is -0.454 e. The summed E-state index contributed by atoms with van der Waals surface area (Å²) in [5.74, 6) is -0.151. The molecule has 1 aliphatic heterocycles. The van der Waals surface area contributed by atoms with E-state index in [4.69, 9.17) is 16.3 Å². The second-order valence-corrected chi connectivity index (χ2v) is 6.49. The van der Waals surface area contributed by atoms with Crippen LogP contribution in [0.5, 0.6) is 11.5 Å². The molecule has 140 valence electrons. The highest BCUT2D eigenvalue weighted by Crippen LogP contribution is 2.27. The molecule has 0 aliphatic carbocycles. The summed E-state index contributed by atoms with van der Waals surface area (Å²) >= 11 is 5.82. The smallest absolute Gasteiger partial charge is 0.253 e. The highest BCUT2D eigenvalue weighted by Gasteiger charge is 2.23. The number of carbonyl (C=O) groups is 1. The zero-order chi connectivity index (χ0) is 17.8. The largest absolute Gasteiger partial charge is 0.454 e. The summed E-state index contributed by atoms with van der Waals surface area (Å²) in [6.45, 7) is 1.35. The van der Waals surface area contributed by atoms with Gasteiger partial charge in [-0.15, -0.1) is 12.4 Å². The van der Waals surface area contributed by atoms with E-state index in [-0.39, 0.29) is 24.1 Å². The van der Waals surface area contributed by atoms with Gasteiger partial charge in [-0.1, -0.05) is 11.6 Å². The van der Waals surface area contributed by atoms with Gasteiger partial charge in [0.2, 0.25) is 0 Å². The van der Waals surface area contributed by atoms with Crippen molar-refractivity contribution in [1.82, 2.24) is 10.2 Å². The van der Waals surface area contributed by atoms with E-state index in [0.29, 0.717) is 35.5 Å². The van der Waals surface area contributed by atoms with Gasteiger partial charge in [-0.3, -0.25) is 4.79 Å². The van der Waals surface area contributed by atoms with Crippen LogP contribution < -0.4 is 10.1 Å². The second kappa shape index (κ2) is 9.21. The average molecular weight is 399 g/mol. The molecule has 4 nitrogen and oxygen atoms in total. The Balaban J connectivity index is 0.00000243. The van der Waals surface area contributed by atoms with Crippen LogP contribution in [0, 0.1) is 5.82 Å². The second-order valence-electron chi connectivity index (χ2n) is 6.06. The molecule has 2 aromatic carbocycles. The predicted molar refractivity (Wildman–Crippen MR) is 103 cm³/mol. The van der Waals surface area contributed by atoms with Crippen LogP contribution in [0.4, 0.5) is 4.39 Å². The highest BCUT2D eigenvalue weighted by molar-refractivity contribution is 6.30. The quantitative estimate of drug-likeness (QED) is 0.822. The predicted octanol–water partition coefficient (Wildman–Crippen LogP) is 4.52. The fraction of sp³-hybridized carbons (Fsp3) is 0.316. The van der Waals surface area contributed by atoms with Crippen LogP contribution in [0.25, 0.3) is 0 Å². The average Bonchev–Trinajstić information content (AvgIpc) is 2.64. The molecule has 1 amide bonds. The Labute approximate surface area is 163 Å². The number of benzene rings is 2. The van der Waals surface area contributed by atoms with Crippen molar-refractivity contribution >= 4 is 29.9 Å². The minimum atomic E-state index is -0.564. The molecule has 0 saturated carbocycles. The molecular formula is C19H21Cl2FN2O2. The van der Waals surface area contributed by atoms with Crippen molar-refractivity contribution in [3.05, 3.63) is 58.9 Å². The third-order valence-corrected chi connectivity index (χ3v) is 4.66. The van der Waals surface area contributed by atoms with Crippen molar-refractivity contribution in [2.24, 2.45) is 0 Å². The number of rotatable bonds is 4. The van der Waals surface area contributed by atoms with Crippen LogP contribution in [0.3, 0.4) is 0 Å². The highest BCUT2D eigenvalue weighted by atomic mass is 35.5. The van der Waals surface area contributed by atoms with Crippen molar-refractivity contribution in [3.8, 4) is 11.5 Å². The monoisotopic (exact) mass is 398 g/mol. The number of amides is 1. The number of nitrogens with zero attached hydrogens (tertiary/aromatic N) is 1. The number of hydrogen-bond donors (Lipinski definition) is 1. The first-order chi connectivity index (χ1) is 12.1. The van der Waals surface area contributed by atoms with Gasteiger partial charge in [0.25, 0.3) is 5.91 Å². The maximum atomic E-state index is 14.3. The number of nitrogens with one attached hydrogen (secondary N) is 1. The van der Waals surface area contributed by atoms with Gasteiger partial charge < -0.3 is 15.0 Å². The van der Waals surface area contributed by atoms with Crippen LogP contribution in [0.1, 0.15) is 23.2 Å². The van der Waals surface area contributed by atoms with E-state index < -0.39 is 5.82 Å². The molecule has 1 N–H and O–H groups in total.